The van der Waals surface area contributed by atoms with Crippen molar-refractivity contribution >= 4 is 17.5 Å². The molecule has 0 fully saturated rings. The molecule has 0 bridgehead atoms. The first-order chi connectivity index (χ1) is 9.58. The Kier molecular flexibility index (Phi) is 4.14. The number of anilines is 1. The van der Waals surface area contributed by atoms with Crippen molar-refractivity contribution in [2.24, 2.45) is 0 Å². The zero-order valence-electron chi connectivity index (χ0n) is 11.4. The van der Waals surface area contributed by atoms with Gasteiger partial charge in [-0.25, -0.2) is 0 Å². The van der Waals surface area contributed by atoms with Gasteiger partial charge >= 0.3 is 0 Å². The van der Waals surface area contributed by atoms with Gasteiger partial charge < -0.3 is 10.6 Å². The lowest BCUT2D eigenvalue weighted by Crippen LogP contribution is -2.33. The van der Waals surface area contributed by atoms with Gasteiger partial charge in [0.1, 0.15) is 0 Å². The molecule has 104 valence electrons. The Morgan fingerprint density at radius 3 is 2.65 bits per heavy atom. The van der Waals surface area contributed by atoms with E-state index in [4.69, 9.17) is 0 Å². The van der Waals surface area contributed by atoms with Crippen molar-refractivity contribution in [1.82, 2.24) is 15.5 Å². The average molecular weight is 272 g/mol. The second-order valence-corrected chi connectivity index (χ2v) is 4.45. The van der Waals surface area contributed by atoms with E-state index in [1.807, 2.05) is 31.2 Å². The predicted molar refractivity (Wildman–Crippen MR) is 75.5 cm³/mol. The highest BCUT2D eigenvalue weighted by Crippen LogP contribution is 2.12. The molecular formula is C14H16N4O2. The number of aryl methyl sites for hydroxylation is 2. The molecule has 2 amide bonds. The molecular weight excluding hydrogens is 256 g/mol. The van der Waals surface area contributed by atoms with Crippen molar-refractivity contribution < 1.29 is 9.59 Å². The molecule has 0 saturated heterocycles. The highest BCUT2D eigenvalue weighted by atomic mass is 16.2. The summed E-state index contributed by atoms with van der Waals surface area (Å²) < 4.78 is 0. The first-order valence-corrected chi connectivity index (χ1v) is 6.21. The Morgan fingerprint density at radius 2 is 2.00 bits per heavy atom. The van der Waals surface area contributed by atoms with Crippen molar-refractivity contribution in [3.05, 3.63) is 47.3 Å². The number of H-pyrrole nitrogens is 1. The predicted octanol–water partition coefficient (Wildman–Crippen LogP) is 1.40. The van der Waals surface area contributed by atoms with E-state index >= 15 is 0 Å². The van der Waals surface area contributed by atoms with Crippen molar-refractivity contribution in [2.75, 3.05) is 11.9 Å². The smallest absolute Gasteiger partial charge is 0.255 e. The summed E-state index contributed by atoms with van der Waals surface area (Å²) in [6.07, 6.45) is 1.43. The molecule has 0 spiro atoms. The maximum absolute atomic E-state index is 11.8. The van der Waals surface area contributed by atoms with Crippen LogP contribution in [0.1, 0.15) is 21.6 Å². The van der Waals surface area contributed by atoms with Crippen LogP contribution in [-0.2, 0) is 4.79 Å². The van der Waals surface area contributed by atoms with Crippen LogP contribution >= 0.6 is 0 Å². The number of hydrogen-bond donors (Lipinski definition) is 3. The minimum Gasteiger partial charge on any atom is -0.343 e. The Bertz CT molecular complexity index is 634. The third-order valence-corrected chi connectivity index (χ3v) is 2.90. The fraction of sp³-hybridized carbons (Fsp3) is 0.214. The third-order valence-electron chi connectivity index (χ3n) is 2.90. The van der Waals surface area contributed by atoms with E-state index in [0.717, 1.165) is 11.3 Å². The van der Waals surface area contributed by atoms with E-state index in [0.29, 0.717) is 11.3 Å². The number of amides is 2. The van der Waals surface area contributed by atoms with Crippen LogP contribution in [0.2, 0.25) is 0 Å². The van der Waals surface area contributed by atoms with E-state index in [-0.39, 0.29) is 18.4 Å². The fourth-order valence-corrected chi connectivity index (χ4v) is 1.74. The number of hydrogen-bond acceptors (Lipinski definition) is 3. The molecule has 1 aromatic carbocycles. The molecule has 1 heterocycles. The molecule has 3 N–H and O–H groups in total. The van der Waals surface area contributed by atoms with E-state index in [1.165, 1.54) is 6.20 Å². The number of carbonyl (C=O) groups excluding carboxylic acids is 2. The summed E-state index contributed by atoms with van der Waals surface area (Å²) in [4.78, 5) is 23.6. The van der Waals surface area contributed by atoms with Crippen LogP contribution in [0, 0.1) is 13.8 Å². The van der Waals surface area contributed by atoms with E-state index in [1.54, 1.807) is 6.92 Å². The van der Waals surface area contributed by atoms with Gasteiger partial charge in [-0.1, -0.05) is 18.2 Å². The highest BCUT2D eigenvalue weighted by Gasteiger charge is 2.12. The molecule has 6 nitrogen and oxygen atoms in total. The molecule has 2 rings (SSSR count). The number of nitrogens with zero attached hydrogens (tertiary/aromatic N) is 1. The highest BCUT2D eigenvalue weighted by molar-refractivity contribution is 5.99. The van der Waals surface area contributed by atoms with E-state index in [9.17, 15) is 9.59 Å². The molecule has 0 saturated carbocycles. The quantitative estimate of drug-likeness (QED) is 0.786. The first kappa shape index (κ1) is 13.8. The minimum atomic E-state index is -0.323. The van der Waals surface area contributed by atoms with Crippen LogP contribution in [-0.4, -0.2) is 28.6 Å². The summed E-state index contributed by atoms with van der Waals surface area (Å²) in [5.74, 6) is -0.593. The summed E-state index contributed by atoms with van der Waals surface area (Å²) in [6.45, 7) is 3.57. The zero-order chi connectivity index (χ0) is 14.5. The third kappa shape index (κ3) is 3.23. The van der Waals surface area contributed by atoms with Crippen LogP contribution in [0.4, 0.5) is 5.69 Å². The van der Waals surface area contributed by atoms with Gasteiger partial charge in [0.25, 0.3) is 5.91 Å². The maximum atomic E-state index is 11.8. The standard InChI is InChI=1S/C14H16N4O2/c1-9-5-3-4-6-12(9)17-13(19)8-15-14(20)11-7-16-18-10(11)2/h3-7H,8H2,1-2H3,(H,15,20)(H,16,18)(H,17,19). The number of rotatable bonds is 4. The van der Waals surface area contributed by atoms with Crippen molar-refractivity contribution in [2.45, 2.75) is 13.8 Å². The number of nitrogens with one attached hydrogen (secondary N) is 3. The van der Waals surface area contributed by atoms with Crippen LogP contribution in [0.25, 0.3) is 0 Å². The molecule has 20 heavy (non-hydrogen) atoms. The van der Waals surface area contributed by atoms with Gasteiger partial charge in [-0.05, 0) is 25.5 Å². The Morgan fingerprint density at radius 1 is 1.25 bits per heavy atom. The minimum absolute atomic E-state index is 0.0855. The van der Waals surface area contributed by atoms with Gasteiger partial charge in [-0.3, -0.25) is 14.7 Å². The number of aromatic amines is 1. The maximum Gasteiger partial charge on any atom is 0.255 e. The summed E-state index contributed by atoms with van der Waals surface area (Å²) in [7, 11) is 0. The van der Waals surface area contributed by atoms with Crippen LogP contribution < -0.4 is 10.6 Å². The van der Waals surface area contributed by atoms with E-state index in [2.05, 4.69) is 20.8 Å². The van der Waals surface area contributed by atoms with Gasteiger partial charge in [0.05, 0.1) is 18.3 Å². The van der Waals surface area contributed by atoms with Crippen molar-refractivity contribution in [1.29, 1.82) is 0 Å². The van der Waals surface area contributed by atoms with E-state index < -0.39 is 0 Å². The van der Waals surface area contributed by atoms with Crippen LogP contribution in [0.3, 0.4) is 0 Å². The normalized spacial score (nSPS) is 10.1. The summed E-state index contributed by atoms with van der Waals surface area (Å²) >= 11 is 0. The Labute approximate surface area is 116 Å². The molecule has 6 heteroatoms. The molecule has 0 radical (unpaired) electrons. The lowest BCUT2D eigenvalue weighted by Gasteiger charge is -2.08. The summed E-state index contributed by atoms with van der Waals surface area (Å²) in [6, 6.07) is 7.46. The molecule has 0 atom stereocenters. The molecule has 0 aliphatic rings. The molecule has 0 aliphatic carbocycles. The van der Waals surface area contributed by atoms with Gasteiger partial charge in [0.15, 0.2) is 0 Å². The second kappa shape index (κ2) is 6.01. The zero-order valence-corrected chi connectivity index (χ0v) is 11.4. The molecule has 0 unspecified atom stereocenters. The summed E-state index contributed by atoms with van der Waals surface area (Å²) in [5, 5.41) is 11.7. The van der Waals surface area contributed by atoms with Gasteiger partial charge in [0.2, 0.25) is 5.91 Å². The molecule has 2 aromatic rings. The first-order valence-electron chi connectivity index (χ1n) is 6.21. The Balaban J connectivity index is 1.89. The SMILES string of the molecule is Cc1ccccc1NC(=O)CNC(=O)c1cn[nH]c1C. The fourth-order valence-electron chi connectivity index (χ4n) is 1.74. The average Bonchev–Trinajstić information content (AvgIpc) is 2.85. The number of aromatic nitrogens is 2. The van der Waals surface area contributed by atoms with Gasteiger partial charge in [-0.2, -0.15) is 5.10 Å². The van der Waals surface area contributed by atoms with Crippen molar-refractivity contribution in [3.63, 3.8) is 0 Å². The second-order valence-electron chi connectivity index (χ2n) is 4.45. The van der Waals surface area contributed by atoms with Crippen LogP contribution in [0.15, 0.2) is 30.5 Å². The van der Waals surface area contributed by atoms with Gasteiger partial charge in [0, 0.05) is 11.4 Å². The molecule has 1 aromatic heterocycles. The lowest BCUT2D eigenvalue weighted by atomic mass is 10.2. The van der Waals surface area contributed by atoms with Gasteiger partial charge in [-0.15, -0.1) is 0 Å². The number of carbonyl (C=O) groups is 2. The monoisotopic (exact) mass is 272 g/mol. The topological polar surface area (TPSA) is 86.9 Å². The lowest BCUT2D eigenvalue weighted by molar-refractivity contribution is -0.115. The Hall–Kier alpha value is -2.63. The largest absolute Gasteiger partial charge is 0.343 e. The molecule has 0 aliphatic heterocycles. The van der Waals surface area contributed by atoms with Crippen molar-refractivity contribution in [3.8, 4) is 0 Å². The number of para-hydroxylation sites is 1. The number of benzene rings is 1. The van der Waals surface area contributed by atoms with Crippen LogP contribution in [0.5, 0.6) is 0 Å². The summed E-state index contributed by atoms with van der Waals surface area (Å²) in [5.41, 5.74) is 2.82.